The van der Waals surface area contributed by atoms with Gasteiger partial charge in [0.1, 0.15) is 23.0 Å². The largest absolute Gasteiger partial charge is 0.469 e. The number of fused-ring (bicyclic) bond motifs is 1. The van der Waals surface area contributed by atoms with Crippen LogP contribution < -0.4 is 15.5 Å². The van der Waals surface area contributed by atoms with Crippen LogP contribution in [0.15, 0.2) is 80.9 Å². The summed E-state index contributed by atoms with van der Waals surface area (Å²) in [6.45, 7) is 3.55. The number of para-hydroxylation sites is 1. The third-order valence-corrected chi connectivity index (χ3v) is 6.02. The van der Waals surface area contributed by atoms with Crippen molar-refractivity contribution >= 4 is 23.2 Å². The lowest BCUT2D eigenvalue weighted by atomic mass is 9.93. The van der Waals surface area contributed by atoms with E-state index < -0.39 is 0 Å². The Labute approximate surface area is 208 Å². The fourth-order valence-electron chi connectivity index (χ4n) is 4.21. The molecule has 0 spiro atoms. The van der Waals surface area contributed by atoms with E-state index in [-0.39, 0.29) is 17.6 Å². The van der Waals surface area contributed by atoms with Crippen molar-refractivity contribution in [1.82, 2.24) is 5.43 Å². The second-order valence-electron chi connectivity index (χ2n) is 8.49. The van der Waals surface area contributed by atoms with Gasteiger partial charge in [-0.25, -0.2) is 5.43 Å². The smallest absolute Gasteiger partial charge is 0.291 e. The number of aryl methyl sites for hydroxylation is 2. The number of hydrogen-bond donors (Lipinski definition) is 2. The van der Waals surface area contributed by atoms with Crippen molar-refractivity contribution in [1.29, 1.82) is 0 Å². The van der Waals surface area contributed by atoms with Crippen LogP contribution in [0.25, 0.3) is 0 Å². The van der Waals surface area contributed by atoms with Gasteiger partial charge in [0.05, 0.1) is 17.5 Å². The van der Waals surface area contributed by atoms with Gasteiger partial charge in [0, 0.05) is 23.2 Å². The molecule has 0 radical (unpaired) electrons. The van der Waals surface area contributed by atoms with Gasteiger partial charge in [-0.2, -0.15) is 5.10 Å². The molecule has 36 heavy (non-hydrogen) atoms. The lowest BCUT2D eigenvalue weighted by molar-refractivity contribution is 0.0952. The first kappa shape index (κ1) is 23.2. The predicted molar refractivity (Wildman–Crippen MR) is 135 cm³/mol. The molecule has 8 heteroatoms. The Hall–Kier alpha value is -4.59. The number of furan rings is 2. The first-order chi connectivity index (χ1) is 17.5. The van der Waals surface area contributed by atoms with E-state index in [0.717, 1.165) is 17.7 Å². The van der Waals surface area contributed by atoms with E-state index in [1.807, 2.05) is 37.3 Å². The van der Waals surface area contributed by atoms with Gasteiger partial charge < -0.3 is 18.9 Å². The van der Waals surface area contributed by atoms with Crippen molar-refractivity contribution in [2.24, 2.45) is 5.10 Å². The van der Waals surface area contributed by atoms with Gasteiger partial charge >= 0.3 is 0 Å². The number of benzene rings is 2. The van der Waals surface area contributed by atoms with Gasteiger partial charge in [-0.3, -0.25) is 9.59 Å². The Kier molecular flexibility index (Phi) is 6.40. The SMILES string of the molecule is Cc1occc1C(=O)N/N=C1\CCCc2oc(C(=O)Nc3ccc(Oc4ccccc4)cc3)c(C)c21. The summed E-state index contributed by atoms with van der Waals surface area (Å²) in [5.41, 5.74) is 5.81. The molecule has 0 aliphatic heterocycles. The van der Waals surface area contributed by atoms with Crippen molar-refractivity contribution in [2.45, 2.75) is 33.1 Å². The molecule has 2 amide bonds. The van der Waals surface area contributed by atoms with E-state index in [0.29, 0.717) is 52.6 Å². The number of ether oxygens (including phenoxy) is 1. The molecule has 0 saturated heterocycles. The molecule has 2 heterocycles. The Bertz CT molecular complexity index is 1430. The van der Waals surface area contributed by atoms with Crippen LogP contribution in [0.5, 0.6) is 11.5 Å². The lowest BCUT2D eigenvalue weighted by Gasteiger charge is -2.13. The zero-order valence-corrected chi connectivity index (χ0v) is 20.0. The Balaban J connectivity index is 1.30. The third kappa shape index (κ3) is 4.79. The highest BCUT2D eigenvalue weighted by Crippen LogP contribution is 2.31. The molecule has 0 bridgehead atoms. The van der Waals surface area contributed by atoms with Crippen molar-refractivity contribution < 1.29 is 23.2 Å². The van der Waals surface area contributed by atoms with Crippen LogP contribution >= 0.6 is 0 Å². The Morgan fingerprint density at radius 2 is 1.67 bits per heavy atom. The topological polar surface area (TPSA) is 106 Å². The number of rotatable bonds is 6. The zero-order chi connectivity index (χ0) is 25.1. The van der Waals surface area contributed by atoms with Crippen LogP contribution in [0.1, 0.15) is 56.4 Å². The Morgan fingerprint density at radius 1 is 0.917 bits per heavy atom. The van der Waals surface area contributed by atoms with Crippen molar-refractivity contribution in [3.63, 3.8) is 0 Å². The number of carbonyl (C=O) groups excluding carboxylic acids is 2. The monoisotopic (exact) mass is 483 g/mol. The second-order valence-corrected chi connectivity index (χ2v) is 8.49. The van der Waals surface area contributed by atoms with Crippen LogP contribution in [0, 0.1) is 13.8 Å². The first-order valence-corrected chi connectivity index (χ1v) is 11.7. The highest BCUT2D eigenvalue weighted by molar-refractivity contribution is 6.09. The molecule has 4 aromatic rings. The highest BCUT2D eigenvalue weighted by Gasteiger charge is 2.28. The molecule has 8 nitrogen and oxygen atoms in total. The maximum atomic E-state index is 13.0. The number of hydrazone groups is 1. The minimum absolute atomic E-state index is 0.233. The van der Waals surface area contributed by atoms with Crippen LogP contribution in [0.2, 0.25) is 0 Å². The average molecular weight is 484 g/mol. The summed E-state index contributed by atoms with van der Waals surface area (Å²) >= 11 is 0. The van der Waals surface area contributed by atoms with Crippen LogP contribution in [-0.2, 0) is 6.42 Å². The molecule has 1 aliphatic rings. The normalized spacial score (nSPS) is 13.8. The molecule has 0 unspecified atom stereocenters. The van der Waals surface area contributed by atoms with E-state index in [2.05, 4.69) is 15.8 Å². The van der Waals surface area contributed by atoms with Crippen LogP contribution in [-0.4, -0.2) is 17.5 Å². The molecule has 0 fully saturated rings. The minimum atomic E-state index is -0.351. The molecule has 2 aromatic carbocycles. The van der Waals surface area contributed by atoms with E-state index in [1.54, 1.807) is 37.3 Å². The van der Waals surface area contributed by atoms with Gasteiger partial charge in [-0.1, -0.05) is 18.2 Å². The molecular weight excluding hydrogens is 458 g/mol. The molecule has 182 valence electrons. The Morgan fingerprint density at radius 3 is 2.39 bits per heavy atom. The number of nitrogens with zero attached hydrogens (tertiary/aromatic N) is 1. The molecule has 0 saturated carbocycles. The summed E-state index contributed by atoms with van der Waals surface area (Å²) in [6.07, 6.45) is 3.64. The summed E-state index contributed by atoms with van der Waals surface area (Å²) in [4.78, 5) is 25.5. The van der Waals surface area contributed by atoms with Gasteiger partial charge in [0.2, 0.25) is 0 Å². The standard InChI is InChI=1S/C28H25N3O5/c1-17-25-23(30-31-27(32)22-15-16-34-18(22)2)9-6-10-24(25)36-26(17)28(33)29-19-11-13-21(14-12-19)35-20-7-4-3-5-8-20/h3-5,7-8,11-16H,6,9-10H2,1-2H3,(H,29,33)(H,31,32)/b30-23+. The summed E-state index contributed by atoms with van der Waals surface area (Å²) in [5, 5.41) is 7.23. The number of nitrogens with one attached hydrogen (secondary N) is 2. The number of anilines is 1. The van der Waals surface area contributed by atoms with Crippen molar-refractivity contribution in [3.05, 3.63) is 101 Å². The van der Waals surface area contributed by atoms with Crippen LogP contribution in [0.3, 0.4) is 0 Å². The molecule has 2 aromatic heterocycles. The summed E-state index contributed by atoms with van der Waals surface area (Å²) in [5.74, 6) is 2.15. The van der Waals surface area contributed by atoms with E-state index >= 15 is 0 Å². The highest BCUT2D eigenvalue weighted by atomic mass is 16.5. The van der Waals surface area contributed by atoms with E-state index in [1.165, 1.54) is 6.26 Å². The number of hydrogen-bond acceptors (Lipinski definition) is 6. The van der Waals surface area contributed by atoms with Crippen LogP contribution in [0.4, 0.5) is 5.69 Å². The fourth-order valence-corrected chi connectivity index (χ4v) is 4.21. The van der Waals surface area contributed by atoms with Gasteiger partial charge in [0.25, 0.3) is 11.8 Å². The minimum Gasteiger partial charge on any atom is -0.469 e. The molecular formula is C28H25N3O5. The van der Waals surface area contributed by atoms with E-state index in [4.69, 9.17) is 13.6 Å². The van der Waals surface area contributed by atoms with Crippen molar-refractivity contribution in [3.8, 4) is 11.5 Å². The average Bonchev–Trinajstić information content (AvgIpc) is 3.47. The van der Waals surface area contributed by atoms with Gasteiger partial charge in [0.15, 0.2) is 5.76 Å². The molecule has 2 N–H and O–H groups in total. The molecule has 1 aliphatic carbocycles. The zero-order valence-electron chi connectivity index (χ0n) is 20.0. The summed E-state index contributed by atoms with van der Waals surface area (Å²) in [6, 6.07) is 18.2. The van der Waals surface area contributed by atoms with E-state index in [9.17, 15) is 9.59 Å². The van der Waals surface area contributed by atoms with Crippen molar-refractivity contribution in [2.75, 3.05) is 5.32 Å². The molecule has 5 rings (SSSR count). The third-order valence-electron chi connectivity index (χ3n) is 6.02. The number of amides is 2. The quantitative estimate of drug-likeness (QED) is 0.327. The lowest BCUT2D eigenvalue weighted by Crippen LogP contribution is -2.22. The maximum Gasteiger partial charge on any atom is 0.291 e. The summed E-state index contributed by atoms with van der Waals surface area (Å²) < 4.78 is 16.9. The predicted octanol–water partition coefficient (Wildman–Crippen LogP) is 6.00. The second kappa shape index (κ2) is 9.95. The molecule has 0 atom stereocenters. The first-order valence-electron chi connectivity index (χ1n) is 11.7. The van der Waals surface area contributed by atoms with Gasteiger partial charge in [-0.05, 0) is 69.2 Å². The maximum absolute atomic E-state index is 13.0. The summed E-state index contributed by atoms with van der Waals surface area (Å²) in [7, 11) is 0. The van der Waals surface area contributed by atoms with Gasteiger partial charge in [-0.15, -0.1) is 0 Å². The fraction of sp³-hybridized carbons (Fsp3) is 0.179. The number of carbonyl (C=O) groups is 2.